The van der Waals surface area contributed by atoms with E-state index in [0.717, 1.165) is 36.3 Å². The lowest BCUT2D eigenvalue weighted by Crippen LogP contribution is -2.43. The molecule has 1 atom stereocenters. The Labute approximate surface area is 114 Å². The van der Waals surface area contributed by atoms with Crippen LogP contribution in [0.1, 0.15) is 42.6 Å². The van der Waals surface area contributed by atoms with Crippen LogP contribution in [0.5, 0.6) is 0 Å². The second kappa shape index (κ2) is 6.19. The highest BCUT2D eigenvalue weighted by atomic mass is 16.2. The van der Waals surface area contributed by atoms with Gasteiger partial charge in [-0.25, -0.2) is 0 Å². The van der Waals surface area contributed by atoms with E-state index >= 15 is 0 Å². The van der Waals surface area contributed by atoms with Crippen molar-refractivity contribution < 1.29 is 4.79 Å². The number of carbonyl (C=O) groups excluding carboxylic acids is 1. The van der Waals surface area contributed by atoms with Gasteiger partial charge in [0.1, 0.15) is 0 Å². The molecule has 1 unspecified atom stereocenters. The van der Waals surface area contributed by atoms with Crippen molar-refractivity contribution in [1.82, 2.24) is 20.4 Å². The van der Waals surface area contributed by atoms with Crippen LogP contribution in [0.2, 0.25) is 0 Å². The summed E-state index contributed by atoms with van der Waals surface area (Å²) in [5.41, 5.74) is 3.24. The van der Waals surface area contributed by atoms with Crippen LogP contribution in [0.25, 0.3) is 0 Å². The van der Waals surface area contributed by atoms with Crippen LogP contribution in [0.4, 0.5) is 0 Å². The van der Waals surface area contributed by atoms with Crippen LogP contribution >= 0.6 is 0 Å². The van der Waals surface area contributed by atoms with Gasteiger partial charge in [-0.05, 0) is 33.2 Å². The van der Waals surface area contributed by atoms with E-state index in [1.807, 2.05) is 25.6 Å². The van der Waals surface area contributed by atoms with Crippen LogP contribution in [-0.4, -0.2) is 28.3 Å². The molecule has 1 fully saturated rings. The molecule has 1 aromatic rings. The van der Waals surface area contributed by atoms with Gasteiger partial charge < -0.3 is 10.6 Å². The Kier molecular flexibility index (Phi) is 4.58. The zero-order valence-electron chi connectivity index (χ0n) is 12.1. The van der Waals surface area contributed by atoms with Gasteiger partial charge in [0, 0.05) is 24.8 Å². The fourth-order valence-corrected chi connectivity index (χ4v) is 2.62. The van der Waals surface area contributed by atoms with E-state index in [9.17, 15) is 4.79 Å². The van der Waals surface area contributed by atoms with Gasteiger partial charge in [-0.2, -0.15) is 5.10 Å². The van der Waals surface area contributed by atoms with Crippen molar-refractivity contribution in [2.75, 3.05) is 6.54 Å². The number of nitrogens with one attached hydrogen (secondary N) is 2. The Hall–Kier alpha value is -1.36. The maximum atomic E-state index is 12.2. The number of hydrogen-bond acceptors (Lipinski definition) is 3. The van der Waals surface area contributed by atoms with Crippen LogP contribution < -0.4 is 10.6 Å². The first-order valence-electron chi connectivity index (χ1n) is 7.09. The van der Waals surface area contributed by atoms with Gasteiger partial charge >= 0.3 is 0 Å². The van der Waals surface area contributed by atoms with Gasteiger partial charge in [0.05, 0.1) is 11.7 Å². The minimum atomic E-state index is -0.0280. The number of aryl methyl sites for hydroxylation is 2. The Bertz CT molecular complexity index is 445. The number of rotatable bonds is 3. The molecule has 2 heterocycles. The third-order valence-electron chi connectivity index (χ3n) is 3.98. The standard InChI is InChI=1S/C14H24N4O/c1-10-12(11(2)18(3)17-10)9-16-14(19)13-7-5-4-6-8-15-13/h13,15H,4-9H2,1-3H3,(H,16,19). The van der Waals surface area contributed by atoms with Crippen LogP contribution in [0, 0.1) is 13.8 Å². The molecule has 0 saturated carbocycles. The predicted molar refractivity (Wildman–Crippen MR) is 74.8 cm³/mol. The van der Waals surface area contributed by atoms with E-state index in [1.54, 1.807) is 0 Å². The lowest BCUT2D eigenvalue weighted by atomic mass is 10.1. The molecule has 0 aliphatic carbocycles. The molecule has 1 saturated heterocycles. The summed E-state index contributed by atoms with van der Waals surface area (Å²) < 4.78 is 1.86. The lowest BCUT2D eigenvalue weighted by Gasteiger charge is -2.15. The summed E-state index contributed by atoms with van der Waals surface area (Å²) >= 11 is 0. The van der Waals surface area contributed by atoms with E-state index < -0.39 is 0 Å². The van der Waals surface area contributed by atoms with Crippen molar-refractivity contribution in [2.24, 2.45) is 7.05 Å². The van der Waals surface area contributed by atoms with E-state index in [0.29, 0.717) is 6.54 Å². The fraction of sp³-hybridized carbons (Fsp3) is 0.714. The number of hydrogen-bond donors (Lipinski definition) is 2. The molecule has 1 amide bonds. The zero-order valence-corrected chi connectivity index (χ0v) is 12.1. The largest absolute Gasteiger partial charge is 0.351 e. The smallest absolute Gasteiger partial charge is 0.237 e. The molecular weight excluding hydrogens is 240 g/mol. The molecule has 5 nitrogen and oxygen atoms in total. The van der Waals surface area contributed by atoms with E-state index in [1.165, 1.54) is 12.8 Å². The highest BCUT2D eigenvalue weighted by molar-refractivity contribution is 5.81. The number of aromatic nitrogens is 2. The molecule has 2 N–H and O–H groups in total. The SMILES string of the molecule is Cc1nn(C)c(C)c1CNC(=O)C1CCCCCN1. The van der Waals surface area contributed by atoms with E-state index in [2.05, 4.69) is 15.7 Å². The molecule has 0 aromatic carbocycles. The summed E-state index contributed by atoms with van der Waals surface area (Å²) in [6.07, 6.45) is 4.47. The highest BCUT2D eigenvalue weighted by Gasteiger charge is 2.20. The first-order valence-corrected chi connectivity index (χ1v) is 7.09. The van der Waals surface area contributed by atoms with Crippen LogP contribution in [0.15, 0.2) is 0 Å². The van der Waals surface area contributed by atoms with Crippen molar-refractivity contribution >= 4 is 5.91 Å². The van der Waals surface area contributed by atoms with Crippen molar-refractivity contribution in [1.29, 1.82) is 0 Å². The third kappa shape index (κ3) is 3.35. The third-order valence-corrected chi connectivity index (χ3v) is 3.98. The lowest BCUT2D eigenvalue weighted by molar-refractivity contribution is -0.123. The quantitative estimate of drug-likeness (QED) is 0.862. The molecule has 1 aliphatic rings. The summed E-state index contributed by atoms with van der Waals surface area (Å²) in [6.45, 7) is 5.54. The molecular formula is C14H24N4O. The summed E-state index contributed by atoms with van der Waals surface area (Å²) in [5, 5.41) is 10.7. The normalized spacial score (nSPS) is 20.1. The number of amides is 1. The molecule has 2 rings (SSSR count). The maximum Gasteiger partial charge on any atom is 0.237 e. The Balaban J connectivity index is 1.92. The first kappa shape index (κ1) is 14.1. The highest BCUT2D eigenvalue weighted by Crippen LogP contribution is 2.12. The molecule has 1 aromatic heterocycles. The average molecular weight is 264 g/mol. The molecule has 5 heteroatoms. The monoisotopic (exact) mass is 264 g/mol. The summed E-state index contributed by atoms with van der Waals surface area (Å²) in [7, 11) is 1.93. The topological polar surface area (TPSA) is 59.0 Å². The molecule has 0 bridgehead atoms. The Morgan fingerprint density at radius 1 is 1.42 bits per heavy atom. The maximum absolute atomic E-state index is 12.2. The Morgan fingerprint density at radius 2 is 2.21 bits per heavy atom. The van der Waals surface area contributed by atoms with Gasteiger partial charge in [0.2, 0.25) is 5.91 Å². The summed E-state index contributed by atoms with van der Waals surface area (Å²) in [6, 6.07) is -0.0280. The van der Waals surface area contributed by atoms with Crippen molar-refractivity contribution in [3.05, 3.63) is 17.0 Å². The van der Waals surface area contributed by atoms with Crippen molar-refractivity contribution in [3.8, 4) is 0 Å². The minimum Gasteiger partial charge on any atom is -0.351 e. The minimum absolute atomic E-state index is 0.0280. The second-order valence-electron chi connectivity index (χ2n) is 5.35. The van der Waals surface area contributed by atoms with Gasteiger partial charge in [-0.1, -0.05) is 12.8 Å². The molecule has 1 aliphatic heterocycles. The molecule has 19 heavy (non-hydrogen) atoms. The van der Waals surface area contributed by atoms with Gasteiger partial charge in [-0.15, -0.1) is 0 Å². The van der Waals surface area contributed by atoms with E-state index in [-0.39, 0.29) is 11.9 Å². The predicted octanol–water partition coefficient (Wildman–Crippen LogP) is 1.19. The zero-order chi connectivity index (χ0) is 13.8. The first-order chi connectivity index (χ1) is 9.09. The number of nitrogens with zero attached hydrogens (tertiary/aromatic N) is 2. The Morgan fingerprint density at radius 3 is 2.89 bits per heavy atom. The molecule has 0 radical (unpaired) electrons. The van der Waals surface area contributed by atoms with Crippen molar-refractivity contribution in [3.63, 3.8) is 0 Å². The van der Waals surface area contributed by atoms with Crippen molar-refractivity contribution in [2.45, 2.75) is 52.1 Å². The molecule has 106 valence electrons. The summed E-state index contributed by atoms with van der Waals surface area (Å²) in [5.74, 6) is 0.115. The fourth-order valence-electron chi connectivity index (χ4n) is 2.62. The number of carbonyl (C=O) groups is 1. The summed E-state index contributed by atoms with van der Waals surface area (Å²) in [4.78, 5) is 12.2. The average Bonchev–Trinajstić information content (AvgIpc) is 2.62. The van der Waals surface area contributed by atoms with Gasteiger partial charge in [0.15, 0.2) is 0 Å². The van der Waals surface area contributed by atoms with Gasteiger partial charge in [-0.3, -0.25) is 9.48 Å². The second-order valence-corrected chi connectivity index (χ2v) is 5.35. The molecule has 0 spiro atoms. The van der Waals surface area contributed by atoms with E-state index in [4.69, 9.17) is 0 Å². The van der Waals surface area contributed by atoms with Crippen LogP contribution in [-0.2, 0) is 18.4 Å². The van der Waals surface area contributed by atoms with Gasteiger partial charge in [0.25, 0.3) is 0 Å². The van der Waals surface area contributed by atoms with Crippen LogP contribution in [0.3, 0.4) is 0 Å².